The van der Waals surface area contributed by atoms with Crippen LogP contribution in [0.15, 0.2) is 41.0 Å². The van der Waals surface area contributed by atoms with E-state index in [9.17, 15) is 14.4 Å². The summed E-state index contributed by atoms with van der Waals surface area (Å²) in [6.07, 6.45) is 0.429. The number of Topliss-reactive ketones (excluding diaryl/α,β-unsaturated/α-hetero) is 1. The Morgan fingerprint density at radius 2 is 2.06 bits per heavy atom. The first-order chi connectivity index (χ1) is 14.7. The molecule has 31 heavy (non-hydrogen) atoms. The lowest BCUT2D eigenvalue weighted by molar-refractivity contribution is -0.126. The summed E-state index contributed by atoms with van der Waals surface area (Å²) >= 11 is 0. The summed E-state index contributed by atoms with van der Waals surface area (Å²) in [5.41, 5.74) is 2.50. The van der Waals surface area contributed by atoms with Crippen molar-refractivity contribution in [1.29, 1.82) is 0 Å². The van der Waals surface area contributed by atoms with Crippen LogP contribution in [-0.2, 0) is 11.2 Å². The highest BCUT2D eigenvalue weighted by Crippen LogP contribution is 2.15. The van der Waals surface area contributed by atoms with Crippen LogP contribution in [0.1, 0.15) is 48.5 Å². The van der Waals surface area contributed by atoms with Gasteiger partial charge in [-0.05, 0) is 25.3 Å². The monoisotopic (exact) mass is 425 g/mol. The van der Waals surface area contributed by atoms with Crippen molar-refractivity contribution in [3.63, 3.8) is 0 Å². The normalized spacial score (nSPS) is 17.1. The molecule has 0 spiro atoms. The first kappa shape index (κ1) is 22.2. The number of benzene rings is 1. The third-order valence-corrected chi connectivity index (χ3v) is 4.99. The number of rotatable bonds is 9. The Hall–Kier alpha value is -3.49. The molecule has 2 heterocycles. The predicted molar refractivity (Wildman–Crippen MR) is 113 cm³/mol. The van der Waals surface area contributed by atoms with E-state index < -0.39 is 18.1 Å². The zero-order valence-electron chi connectivity index (χ0n) is 18.1. The molecule has 3 amide bonds. The van der Waals surface area contributed by atoms with E-state index >= 15 is 0 Å². The van der Waals surface area contributed by atoms with Gasteiger partial charge in [0.15, 0.2) is 0 Å². The minimum Gasteiger partial charge on any atom is -0.418 e. The van der Waals surface area contributed by atoms with E-state index in [0.717, 1.165) is 16.0 Å². The number of hydrogen-bond donors (Lipinski definition) is 2. The van der Waals surface area contributed by atoms with Gasteiger partial charge in [-0.1, -0.05) is 50.3 Å². The van der Waals surface area contributed by atoms with Crippen LogP contribution in [0, 0.1) is 12.8 Å². The summed E-state index contributed by atoms with van der Waals surface area (Å²) in [6, 6.07) is 6.17. The smallest absolute Gasteiger partial charge is 0.325 e. The van der Waals surface area contributed by atoms with Gasteiger partial charge >= 0.3 is 6.03 Å². The maximum Gasteiger partial charge on any atom is 0.325 e. The molecule has 1 aromatic heterocycles. The zero-order valence-corrected chi connectivity index (χ0v) is 18.1. The molecule has 1 aliphatic rings. The molecular weight excluding hydrogens is 398 g/mol. The van der Waals surface area contributed by atoms with Crippen molar-refractivity contribution in [3.8, 4) is 0 Å². The molecule has 0 saturated carbocycles. The second-order valence-corrected chi connectivity index (χ2v) is 8.10. The van der Waals surface area contributed by atoms with Gasteiger partial charge in [-0.2, -0.15) is 0 Å². The molecule has 2 unspecified atom stereocenters. The number of aromatic nitrogens is 2. The Labute approximate surface area is 180 Å². The molecular formula is C22H27N5O4. The van der Waals surface area contributed by atoms with Crippen molar-refractivity contribution >= 4 is 17.7 Å². The molecule has 3 rings (SSSR count). The summed E-state index contributed by atoms with van der Waals surface area (Å²) in [5.74, 6) is -0.574. The topological polar surface area (TPSA) is 117 Å². The summed E-state index contributed by atoms with van der Waals surface area (Å²) in [5, 5.41) is 13.5. The van der Waals surface area contributed by atoms with E-state index in [2.05, 4.69) is 27.4 Å². The molecule has 2 aromatic rings. The molecule has 2 atom stereocenters. The minimum absolute atomic E-state index is 0.0338. The van der Waals surface area contributed by atoms with Crippen molar-refractivity contribution in [3.05, 3.63) is 59.4 Å². The number of aryl methyl sites for hydroxylation is 1. The van der Waals surface area contributed by atoms with Crippen LogP contribution in [0.4, 0.5) is 4.79 Å². The second kappa shape index (κ2) is 9.11. The quantitative estimate of drug-likeness (QED) is 0.467. The maximum absolute atomic E-state index is 13.0. The van der Waals surface area contributed by atoms with E-state index in [1.54, 1.807) is 6.92 Å². The second-order valence-electron chi connectivity index (χ2n) is 8.10. The summed E-state index contributed by atoms with van der Waals surface area (Å²) in [7, 11) is 0. The number of ketones is 1. The Morgan fingerprint density at radius 3 is 2.68 bits per heavy atom. The molecule has 1 aliphatic heterocycles. The summed E-state index contributed by atoms with van der Waals surface area (Å²) in [4.78, 5) is 38.0. The van der Waals surface area contributed by atoms with Crippen LogP contribution in [0.25, 0.3) is 0 Å². The van der Waals surface area contributed by atoms with Crippen molar-refractivity contribution in [2.24, 2.45) is 5.92 Å². The third-order valence-electron chi connectivity index (χ3n) is 4.99. The molecule has 9 heteroatoms. The highest BCUT2D eigenvalue weighted by Gasteiger charge is 2.36. The number of amides is 3. The average molecular weight is 425 g/mol. The third kappa shape index (κ3) is 5.17. The molecule has 2 N–H and O–H groups in total. The number of imide groups is 1. The lowest BCUT2D eigenvalue weighted by Crippen LogP contribution is -2.44. The largest absolute Gasteiger partial charge is 0.418 e. The molecule has 1 aromatic carbocycles. The van der Waals surface area contributed by atoms with Crippen LogP contribution in [0.5, 0.6) is 0 Å². The van der Waals surface area contributed by atoms with Crippen molar-refractivity contribution in [2.75, 3.05) is 6.54 Å². The number of urea groups is 1. The lowest BCUT2D eigenvalue weighted by Gasteiger charge is -2.24. The molecule has 9 nitrogen and oxygen atoms in total. The molecule has 1 saturated heterocycles. The Balaban J connectivity index is 1.66. The van der Waals surface area contributed by atoms with E-state index in [4.69, 9.17) is 4.42 Å². The van der Waals surface area contributed by atoms with E-state index in [0.29, 0.717) is 18.0 Å². The number of carbonyl (C=O) groups excluding carboxylic acids is 3. The van der Waals surface area contributed by atoms with Gasteiger partial charge in [0.25, 0.3) is 11.8 Å². The van der Waals surface area contributed by atoms with Crippen molar-refractivity contribution in [1.82, 2.24) is 25.7 Å². The Kier molecular flexibility index (Phi) is 6.53. The van der Waals surface area contributed by atoms with Crippen LogP contribution < -0.4 is 10.6 Å². The van der Waals surface area contributed by atoms with E-state index in [1.807, 2.05) is 45.0 Å². The van der Waals surface area contributed by atoms with Gasteiger partial charge in [-0.25, -0.2) is 4.79 Å². The van der Waals surface area contributed by atoms with Crippen molar-refractivity contribution in [2.45, 2.75) is 46.2 Å². The van der Waals surface area contributed by atoms with Gasteiger partial charge in [-0.3, -0.25) is 14.5 Å². The van der Waals surface area contributed by atoms with Crippen LogP contribution in [0.3, 0.4) is 0 Å². The van der Waals surface area contributed by atoms with Crippen LogP contribution >= 0.6 is 0 Å². The highest BCUT2D eigenvalue weighted by molar-refractivity contribution is 6.04. The molecule has 1 fully saturated rings. The number of nitrogens with zero attached hydrogens (tertiary/aromatic N) is 3. The van der Waals surface area contributed by atoms with Crippen LogP contribution in [-0.4, -0.2) is 51.4 Å². The fourth-order valence-electron chi connectivity index (χ4n) is 3.35. The van der Waals surface area contributed by atoms with E-state index in [-0.39, 0.29) is 30.0 Å². The van der Waals surface area contributed by atoms with Gasteiger partial charge in [0.2, 0.25) is 11.7 Å². The van der Waals surface area contributed by atoms with Crippen LogP contribution in [0.2, 0.25) is 0 Å². The molecule has 0 bridgehead atoms. The molecule has 0 radical (unpaired) electrons. The van der Waals surface area contributed by atoms with Crippen molar-refractivity contribution < 1.29 is 18.8 Å². The lowest BCUT2D eigenvalue weighted by atomic mass is 9.99. The standard InChI is InChI=1S/C22H27N5O4/c1-12(2)18(23-14(4)11-27-21(29)15(5)24-22(27)30)19(28)20-26-25-17(31-20)10-16-8-6-7-13(3)9-16/h6-9,12,15,18,23H,4,10-11H2,1-3,5H3,(H,24,30). The first-order valence-corrected chi connectivity index (χ1v) is 10.1. The summed E-state index contributed by atoms with van der Waals surface area (Å²) in [6.45, 7) is 11.2. The fourth-order valence-corrected chi connectivity index (χ4v) is 3.35. The van der Waals surface area contributed by atoms with E-state index in [1.165, 1.54) is 0 Å². The first-order valence-electron chi connectivity index (χ1n) is 10.1. The zero-order chi connectivity index (χ0) is 22.7. The van der Waals surface area contributed by atoms with Gasteiger partial charge in [0.1, 0.15) is 6.04 Å². The number of hydrogen-bond acceptors (Lipinski definition) is 7. The van der Waals surface area contributed by atoms with Gasteiger partial charge in [0.05, 0.1) is 19.0 Å². The van der Waals surface area contributed by atoms with Gasteiger partial charge in [-0.15, -0.1) is 10.2 Å². The number of carbonyl (C=O) groups is 3. The fraction of sp³-hybridized carbons (Fsp3) is 0.409. The maximum atomic E-state index is 13.0. The predicted octanol–water partition coefficient (Wildman–Crippen LogP) is 2.22. The van der Waals surface area contributed by atoms with Gasteiger partial charge < -0.3 is 15.1 Å². The SMILES string of the molecule is C=C(CN1C(=O)NC(C)C1=O)NC(C(=O)c1nnc(Cc2cccc(C)c2)o1)C(C)C. The average Bonchev–Trinajstić information content (AvgIpc) is 3.25. The number of nitrogens with one attached hydrogen (secondary N) is 2. The van der Waals surface area contributed by atoms with Gasteiger partial charge in [0, 0.05) is 5.70 Å². The molecule has 0 aliphatic carbocycles. The Morgan fingerprint density at radius 1 is 1.32 bits per heavy atom. The molecule has 164 valence electrons. The Bertz CT molecular complexity index is 1010. The minimum atomic E-state index is -0.696. The highest BCUT2D eigenvalue weighted by atomic mass is 16.4. The summed E-state index contributed by atoms with van der Waals surface area (Å²) < 4.78 is 5.61.